The number of nitrogens with zero attached hydrogens (tertiary/aromatic N) is 5. The third kappa shape index (κ3) is 4.08. The molecule has 1 aromatic carbocycles. The summed E-state index contributed by atoms with van der Waals surface area (Å²) in [5.74, 6) is 2.11. The van der Waals surface area contributed by atoms with Crippen molar-refractivity contribution in [1.82, 2.24) is 19.9 Å². The van der Waals surface area contributed by atoms with Crippen molar-refractivity contribution in [1.29, 1.82) is 0 Å². The third-order valence-corrected chi connectivity index (χ3v) is 6.44. The molecular weight excluding hydrogens is 421 g/mol. The Labute approximate surface area is 192 Å². The number of hydrogen-bond donors (Lipinski definition) is 2. The maximum atomic E-state index is 14.5. The molecule has 0 spiro atoms. The van der Waals surface area contributed by atoms with Gasteiger partial charge in [0, 0.05) is 43.9 Å². The summed E-state index contributed by atoms with van der Waals surface area (Å²) < 4.78 is 20.4. The summed E-state index contributed by atoms with van der Waals surface area (Å²) in [5.41, 5.74) is 10.3. The van der Waals surface area contributed by atoms with Crippen molar-refractivity contribution < 1.29 is 9.13 Å². The van der Waals surface area contributed by atoms with Gasteiger partial charge in [0.2, 0.25) is 0 Å². The average Bonchev–Trinajstić information content (AvgIpc) is 3.14. The summed E-state index contributed by atoms with van der Waals surface area (Å²) >= 11 is 0. The van der Waals surface area contributed by atoms with Gasteiger partial charge in [-0.05, 0) is 55.9 Å². The van der Waals surface area contributed by atoms with E-state index in [2.05, 4.69) is 27.1 Å². The predicted octanol–water partition coefficient (Wildman–Crippen LogP) is 3.68. The zero-order valence-electron chi connectivity index (χ0n) is 19.1. The van der Waals surface area contributed by atoms with E-state index in [4.69, 9.17) is 20.4 Å². The highest BCUT2D eigenvalue weighted by atomic mass is 19.1. The smallest absolute Gasteiger partial charge is 0.324 e. The van der Waals surface area contributed by atoms with E-state index >= 15 is 0 Å². The number of hydrogen-bond acceptors (Lipinski definition) is 8. The van der Waals surface area contributed by atoms with Gasteiger partial charge in [0.15, 0.2) is 5.75 Å². The number of nitrogens with one attached hydrogen (secondary N) is 1. The van der Waals surface area contributed by atoms with Gasteiger partial charge in [0.25, 0.3) is 0 Å². The molecule has 8 nitrogen and oxygen atoms in total. The lowest BCUT2D eigenvalue weighted by molar-refractivity contribution is 0.268. The first-order valence-electron chi connectivity index (χ1n) is 11.3. The largest absolute Gasteiger partial charge is 0.421 e. The maximum Gasteiger partial charge on any atom is 0.324 e. The van der Waals surface area contributed by atoms with E-state index in [-0.39, 0.29) is 17.9 Å². The van der Waals surface area contributed by atoms with Gasteiger partial charge in [-0.1, -0.05) is 0 Å². The standard InChI is InChI=1S/C24H28FN7O/c1-4-32(12-14-5-16(26)6-14)23-22-19-7-15(25)8-20(27-3)18(19)9-21(22)30-24(31-23)33-17-10-28-13(2)29-11-17/h7-8,10-11,14,16,27H,4-6,9,12,26H2,1-3H3. The fourth-order valence-corrected chi connectivity index (χ4v) is 4.74. The van der Waals surface area contributed by atoms with Crippen LogP contribution in [0.5, 0.6) is 11.8 Å². The normalized spacial score (nSPS) is 18.3. The van der Waals surface area contributed by atoms with Crippen molar-refractivity contribution in [3.05, 3.63) is 47.4 Å². The summed E-state index contributed by atoms with van der Waals surface area (Å²) in [6.07, 6.45) is 5.79. The van der Waals surface area contributed by atoms with Crippen LogP contribution in [0.3, 0.4) is 0 Å². The Hall–Kier alpha value is -3.33. The van der Waals surface area contributed by atoms with Crippen molar-refractivity contribution in [2.24, 2.45) is 11.7 Å². The van der Waals surface area contributed by atoms with Gasteiger partial charge in [-0.15, -0.1) is 0 Å². The number of rotatable bonds is 7. The molecular formula is C24H28FN7O. The summed E-state index contributed by atoms with van der Waals surface area (Å²) in [6.45, 7) is 5.51. The molecule has 0 unspecified atom stereocenters. The Balaban J connectivity index is 1.59. The van der Waals surface area contributed by atoms with Crippen molar-refractivity contribution in [3.8, 4) is 22.9 Å². The molecule has 1 fully saturated rings. The van der Waals surface area contributed by atoms with Crippen LogP contribution in [0.15, 0.2) is 24.5 Å². The zero-order chi connectivity index (χ0) is 23.1. The first-order chi connectivity index (χ1) is 15.9. The fraction of sp³-hybridized carbons (Fsp3) is 0.417. The van der Waals surface area contributed by atoms with E-state index in [1.165, 1.54) is 6.07 Å². The van der Waals surface area contributed by atoms with Crippen LogP contribution >= 0.6 is 0 Å². The van der Waals surface area contributed by atoms with Gasteiger partial charge >= 0.3 is 6.01 Å². The minimum atomic E-state index is -0.290. The monoisotopic (exact) mass is 449 g/mol. The minimum Gasteiger partial charge on any atom is -0.421 e. The Kier molecular flexibility index (Phi) is 5.57. The maximum absolute atomic E-state index is 14.5. The Morgan fingerprint density at radius 2 is 1.97 bits per heavy atom. The van der Waals surface area contributed by atoms with Crippen LogP contribution in [0.1, 0.15) is 36.8 Å². The van der Waals surface area contributed by atoms with E-state index in [1.807, 2.05) is 6.92 Å². The van der Waals surface area contributed by atoms with Crippen LogP contribution < -0.4 is 20.7 Å². The van der Waals surface area contributed by atoms with Crippen LogP contribution in [0.2, 0.25) is 0 Å². The van der Waals surface area contributed by atoms with Crippen molar-refractivity contribution in [3.63, 3.8) is 0 Å². The second-order valence-electron chi connectivity index (χ2n) is 8.76. The second-order valence-corrected chi connectivity index (χ2v) is 8.76. The number of aromatic nitrogens is 4. The molecule has 2 aromatic heterocycles. The molecule has 2 heterocycles. The molecule has 0 aliphatic heterocycles. The van der Waals surface area contributed by atoms with Crippen molar-refractivity contribution >= 4 is 11.5 Å². The van der Waals surface area contributed by atoms with Gasteiger partial charge < -0.3 is 20.7 Å². The number of fused-ring (bicyclic) bond motifs is 3. The molecule has 5 rings (SSSR count). The van der Waals surface area contributed by atoms with Crippen LogP contribution in [-0.2, 0) is 6.42 Å². The van der Waals surface area contributed by atoms with E-state index in [1.54, 1.807) is 25.5 Å². The average molecular weight is 450 g/mol. The van der Waals surface area contributed by atoms with Gasteiger partial charge in [-0.2, -0.15) is 9.97 Å². The Morgan fingerprint density at radius 1 is 1.21 bits per heavy atom. The molecule has 0 atom stereocenters. The van der Waals surface area contributed by atoms with Gasteiger partial charge in [0.1, 0.15) is 17.5 Å². The van der Waals surface area contributed by atoms with Crippen LogP contribution in [0.4, 0.5) is 15.9 Å². The number of nitrogens with two attached hydrogens (primary N) is 1. The molecule has 33 heavy (non-hydrogen) atoms. The number of halogens is 1. The van der Waals surface area contributed by atoms with Crippen molar-refractivity contribution in [2.45, 2.75) is 39.2 Å². The van der Waals surface area contributed by atoms with Crippen LogP contribution in [-0.4, -0.2) is 46.1 Å². The summed E-state index contributed by atoms with van der Waals surface area (Å²) in [7, 11) is 1.80. The number of ether oxygens (including phenoxy) is 1. The summed E-state index contributed by atoms with van der Waals surface area (Å²) in [4.78, 5) is 20.1. The molecule has 2 aliphatic carbocycles. The lowest BCUT2D eigenvalue weighted by atomic mass is 9.80. The number of benzene rings is 1. The van der Waals surface area contributed by atoms with E-state index in [0.717, 1.165) is 59.8 Å². The third-order valence-electron chi connectivity index (χ3n) is 6.44. The molecule has 0 radical (unpaired) electrons. The van der Waals surface area contributed by atoms with E-state index in [9.17, 15) is 4.39 Å². The number of aryl methyl sites for hydroxylation is 1. The van der Waals surface area contributed by atoms with E-state index < -0.39 is 0 Å². The lowest BCUT2D eigenvalue weighted by Gasteiger charge is -2.37. The highest BCUT2D eigenvalue weighted by Crippen LogP contribution is 2.45. The Morgan fingerprint density at radius 3 is 2.64 bits per heavy atom. The van der Waals surface area contributed by atoms with Crippen molar-refractivity contribution in [2.75, 3.05) is 30.4 Å². The topological polar surface area (TPSA) is 102 Å². The molecule has 3 N–H and O–H groups in total. The SMILES string of the molecule is CCN(CC1CC(N)C1)c1nc(Oc2cnc(C)nc2)nc2c1-c1cc(F)cc(NC)c1C2. The van der Waals surface area contributed by atoms with Crippen LogP contribution in [0, 0.1) is 18.7 Å². The van der Waals surface area contributed by atoms with Gasteiger partial charge in [-0.3, -0.25) is 0 Å². The Bertz CT molecular complexity index is 1180. The zero-order valence-corrected chi connectivity index (χ0v) is 19.1. The molecule has 0 bridgehead atoms. The summed E-state index contributed by atoms with van der Waals surface area (Å²) in [5, 5.41) is 3.12. The van der Waals surface area contributed by atoms with Crippen LogP contribution in [0.25, 0.3) is 11.1 Å². The lowest BCUT2D eigenvalue weighted by Crippen LogP contribution is -2.43. The quantitative estimate of drug-likeness (QED) is 0.441. The minimum absolute atomic E-state index is 0.235. The molecule has 0 saturated heterocycles. The predicted molar refractivity (Wildman–Crippen MR) is 125 cm³/mol. The second kappa shape index (κ2) is 8.55. The molecule has 2 aliphatic rings. The molecule has 0 amide bonds. The first-order valence-corrected chi connectivity index (χ1v) is 11.3. The van der Waals surface area contributed by atoms with Gasteiger partial charge in [-0.25, -0.2) is 14.4 Å². The summed E-state index contributed by atoms with van der Waals surface area (Å²) in [6, 6.07) is 3.61. The van der Waals surface area contributed by atoms with Gasteiger partial charge in [0.05, 0.1) is 18.1 Å². The molecule has 172 valence electrons. The van der Waals surface area contributed by atoms with E-state index in [0.29, 0.717) is 23.9 Å². The number of anilines is 2. The molecule has 9 heteroatoms. The molecule has 3 aromatic rings. The highest BCUT2D eigenvalue weighted by Gasteiger charge is 2.33. The first kappa shape index (κ1) is 21.5. The highest BCUT2D eigenvalue weighted by molar-refractivity contribution is 5.88. The molecule has 1 saturated carbocycles. The fourth-order valence-electron chi connectivity index (χ4n) is 4.74.